The summed E-state index contributed by atoms with van der Waals surface area (Å²) in [7, 11) is 1.83. The molecule has 1 aromatic carbocycles. The minimum absolute atomic E-state index is 0. The van der Waals surface area contributed by atoms with E-state index in [1.807, 2.05) is 7.11 Å². The number of likely N-dealkylation sites (tertiary alicyclic amines) is 1. The van der Waals surface area contributed by atoms with Crippen molar-refractivity contribution in [2.24, 2.45) is 5.92 Å². The lowest BCUT2D eigenvalue weighted by molar-refractivity contribution is -0.00744. The van der Waals surface area contributed by atoms with E-state index in [4.69, 9.17) is 4.74 Å². The van der Waals surface area contributed by atoms with Gasteiger partial charge in [0.1, 0.15) is 0 Å². The molecule has 1 aromatic rings. The number of halogens is 1. The van der Waals surface area contributed by atoms with Gasteiger partial charge in [0.05, 0.1) is 6.10 Å². The molecule has 0 amide bonds. The topological polar surface area (TPSA) is 12.5 Å². The van der Waals surface area contributed by atoms with Crippen LogP contribution in [0.1, 0.15) is 18.9 Å². The molecule has 1 aliphatic heterocycles. The summed E-state index contributed by atoms with van der Waals surface area (Å²) < 4.78 is 5.53. The maximum atomic E-state index is 5.53. The first-order chi connectivity index (χ1) is 7.79. The van der Waals surface area contributed by atoms with Gasteiger partial charge in [-0.1, -0.05) is 37.3 Å². The van der Waals surface area contributed by atoms with Gasteiger partial charge in [-0.3, -0.25) is 4.90 Å². The van der Waals surface area contributed by atoms with E-state index in [1.54, 1.807) is 0 Å². The molecule has 0 saturated carbocycles. The number of hydrogen-bond donors (Lipinski definition) is 0. The first-order valence-electron chi connectivity index (χ1n) is 6.08. The van der Waals surface area contributed by atoms with E-state index in [1.165, 1.54) is 18.5 Å². The highest BCUT2D eigenvalue weighted by Gasteiger charge is 2.25. The molecule has 17 heavy (non-hydrogen) atoms. The van der Waals surface area contributed by atoms with Gasteiger partial charge in [0, 0.05) is 20.2 Å². The zero-order valence-electron chi connectivity index (χ0n) is 10.6. The molecule has 1 saturated heterocycles. The molecule has 2 rings (SSSR count). The lowest BCUT2D eigenvalue weighted by Gasteiger charge is -2.36. The zero-order valence-corrected chi connectivity index (χ0v) is 11.5. The van der Waals surface area contributed by atoms with Gasteiger partial charge in [-0.15, -0.1) is 12.4 Å². The molecule has 3 heteroatoms. The van der Waals surface area contributed by atoms with Crippen LogP contribution in [0, 0.1) is 5.92 Å². The number of rotatable bonds is 3. The third-order valence-corrected chi connectivity index (χ3v) is 3.53. The Kier molecular flexibility index (Phi) is 5.96. The Morgan fingerprint density at radius 1 is 1.29 bits per heavy atom. The van der Waals surface area contributed by atoms with Crippen molar-refractivity contribution >= 4 is 12.4 Å². The van der Waals surface area contributed by atoms with Crippen LogP contribution in [-0.2, 0) is 11.3 Å². The predicted octanol–water partition coefficient (Wildman–Crippen LogP) is 2.97. The second-order valence-electron chi connectivity index (χ2n) is 4.76. The van der Waals surface area contributed by atoms with Gasteiger partial charge in [-0.25, -0.2) is 0 Å². The predicted molar refractivity (Wildman–Crippen MR) is 73.5 cm³/mol. The lowest BCUT2D eigenvalue weighted by atomic mass is 9.95. The van der Waals surface area contributed by atoms with E-state index in [2.05, 4.69) is 42.2 Å². The van der Waals surface area contributed by atoms with Crippen molar-refractivity contribution in [3.63, 3.8) is 0 Å². The van der Waals surface area contributed by atoms with Crippen LogP contribution in [0.25, 0.3) is 0 Å². The second kappa shape index (κ2) is 7.00. The van der Waals surface area contributed by atoms with Gasteiger partial charge >= 0.3 is 0 Å². The third-order valence-electron chi connectivity index (χ3n) is 3.53. The van der Waals surface area contributed by atoms with Crippen LogP contribution >= 0.6 is 12.4 Å². The highest BCUT2D eigenvalue weighted by Crippen LogP contribution is 2.20. The van der Waals surface area contributed by atoms with Crippen molar-refractivity contribution in [3.05, 3.63) is 35.9 Å². The van der Waals surface area contributed by atoms with Crippen LogP contribution < -0.4 is 0 Å². The molecular formula is C14H22ClNO. The SMILES string of the molecule is CO[C@@H]1CN(Cc2ccccc2)CC[C@H]1C.Cl. The van der Waals surface area contributed by atoms with Crippen LogP contribution in [0.4, 0.5) is 0 Å². The number of methoxy groups -OCH3 is 1. The Labute approximate surface area is 110 Å². The van der Waals surface area contributed by atoms with E-state index in [-0.39, 0.29) is 12.4 Å². The fourth-order valence-corrected chi connectivity index (χ4v) is 2.39. The monoisotopic (exact) mass is 255 g/mol. The van der Waals surface area contributed by atoms with E-state index < -0.39 is 0 Å². The fourth-order valence-electron chi connectivity index (χ4n) is 2.39. The molecular weight excluding hydrogens is 234 g/mol. The molecule has 0 N–H and O–H groups in total. The summed E-state index contributed by atoms with van der Waals surface area (Å²) >= 11 is 0. The van der Waals surface area contributed by atoms with Crippen molar-refractivity contribution in [1.82, 2.24) is 4.90 Å². The second-order valence-corrected chi connectivity index (χ2v) is 4.76. The quantitative estimate of drug-likeness (QED) is 0.824. The molecule has 0 unspecified atom stereocenters. The lowest BCUT2D eigenvalue weighted by Crippen LogP contribution is -2.43. The molecule has 2 nitrogen and oxygen atoms in total. The Morgan fingerprint density at radius 3 is 2.65 bits per heavy atom. The van der Waals surface area contributed by atoms with Crippen molar-refractivity contribution in [2.75, 3.05) is 20.2 Å². The van der Waals surface area contributed by atoms with E-state index in [0.717, 1.165) is 13.1 Å². The van der Waals surface area contributed by atoms with Crippen molar-refractivity contribution in [3.8, 4) is 0 Å². The van der Waals surface area contributed by atoms with Gasteiger partial charge < -0.3 is 4.74 Å². The maximum absolute atomic E-state index is 5.53. The van der Waals surface area contributed by atoms with Gasteiger partial charge in [-0.05, 0) is 24.4 Å². The summed E-state index contributed by atoms with van der Waals surface area (Å²) in [5.74, 6) is 0.692. The number of ether oxygens (including phenoxy) is 1. The Bertz CT molecular complexity index is 317. The van der Waals surface area contributed by atoms with Crippen LogP contribution in [-0.4, -0.2) is 31.2 Å². The summed E-state index contributed by atoms with van der Waals surface area (Å²) in [5.41, 5.74) is 1.40. The zero-order chi connectivity index (χ0) is 11.4. The number of nitrogens with zero attached hydrogens (tertiary/aromatic N) is 1. The average molecular weight is 256 g/mol. The van der Waals surface area contributed by atoms with Crippen LogP contribution in [0.2, 0.25) is 0 Å². The standard InChI is InChI=1S/C14H21NO.ClH/c1-12-8-9-15(11-14(12)16-2)10-13-6-4-3-5-7-13;/h3-7,12,14H,8-11H2,1-2H3;1H/t12-,14-;/m1./s1. The Hall–Kier alpha value is -0.570. The normalized spacial score (nSPS) is 25.3. The minimum atomic E-state index is 0. The molecule has 0 spiro atoms. The highest BCUT2D eigenvalue weighted by atomic mass is 35.5. The van der Waals surface area contributed by atoms with Gasteiger partial charge in [0.25, 0.3) is 0 Å². The molecule has 1 heterocycles. The summed E-state index contributed by atoms with van der Waals surface area (Å²) in [5, 5.41) is 0. The maximum Gasteiger partial charge on any atom is 0.0724 e. The van der Waals surface area contributed by atoms with Crippen molar-refractivity contribution in [1.29, 1.82) is 0 Å². The molecule has 1 aliphatic rings. The van der Waals surface area contributed by atoms with Crippen LogP contribution in [0.5, 0.6) is 0 Å². The van der Waals surface area contributed by atoms with E-state index in [0.29, 0.717) is 12.0 Å². The molecule has 0 radical (unpaired) electrons. The first kappa shape index (κ1) is 14.5. The number of piperidine rings is 1. The van der Waals surface area contributed by atoms with Gasteiger partial charge in [0.2, 0.25) is 0 Å². The Morgan fingerprint density at radius 2 is 2.00 bits per heavy atom. The molecule has 2 atom stereocenters. The third kappa shape index (κ3) is 3.98. The van der Waals surface area contributed by atoms with Gasteiger partial charge in [0.15, 0.2) is 0 Å². The molecule has 0 aliphatic carbocycles. The van der Waals surface area contributed by atoms with Crippen LogP contribution in [0.3, 0.4) is 0 Å². The number of benzene rings is 1. The Balaban J connectivity index is 0.00000144. The minimum Gasteiger partial charge on any atom is -0.380 e. The average Bonchev–Trinajstić information content (AvgIpc) is 2.33. The molecule has 0 bridgehead atoms. The van der Waals surface area contributed by atoms with Crippen molar-refractivity contribution < 1.29 is 4.74 Å². The fraction of sp³-hybridized carbons (Fsp3) is 0.571. The van der Waals surface area contributed by atoms with E-state index >= 15 is 0 Å². The first-order valence-corrected chi connectivity index (χ1v) is 6.08. The number of hydrogen-bond acceptors (Lipinski definition) is 2. The smallest absolute Gasteiger partial charge is 0.0724 e. The van der Waals surface area contributed by atoms with Gasteiger partial charge in [-0.2, -0.15) is 0 Å². The summed E-state index contributed by atoms with van der Waals surface area (Å²) in [6.07, 6.45) is 1.64. The highest BCUT2D eigenvalue weighted by molar-refractivity contribution is 5.85. The summed E-state index contributed by atoms with van der Waals surface area (Å²) in [6, 6.07) is 10.7. The van der Waals surface area contributed by atoms with Crippen LogP contribution in [0.15, 0.2) is 30.3 Å². The molecule has 1 fully saturated rings. The summed E-state index contributed by atoms with van der Waals surface area (Å²) in [6.45, 7) is 5.59. The summed E-state index contributed by atoms with van der Waals surface area (Å²) in [4.78, 5) is 2.49. The molecule has 0 aromatic heterocycles. The van der Waals surface area contributed by atoms with Crippen molar-refractivity contribution in [2.45, 2.75) is 26.0 Å². The molecule has 96 valence electrons. The largest absolute Gasteiger partial charge is 0.380 e. The van der Waals surface area contributed by atoms with E-state index in [9.17, 15) is 0 Å².